The van der Waals surface area contributed by atoms with Crippen molar-refractivity contribution < 1.29 is 17.6 Å². The van der Waals surface area contributed by atoms with Gasteiger partial charge in [0.25, 0.3) is 16.1 Å². The zero-order valence-electron chi connectivity index (χ0n) is 18.4. The minimum Gasteiger partial charge on any atom is -0.365 e. The summed E-state index contributed by atoms with van der Waals surface area (Å²) >= 11 is 0. The molecule has 1 amide bonds. The first-order valence-corrected chi connectivity index (χ1v) is 12.5. The van der Waals surface area contributed by atoms with Crippen LogP contribution in [0.25, 0.3) is 0 Å². The van der Waals surface area contributed by atoms with Gasteiger partial charge in [-0.15, -0.1) is 0 Å². The topological polar surface area (TPSA) is 120 Å². The number of nitrogens with one attached hydrogen (secondary N) is 3. The number of hydrogen-bond donors (Lipinski definition) is 3. The van der Waals surface area contributed by atoms with Crippen molar-refractivity contribution in [3.63, 3.8) is 0 Å². The molecule has 2 aromatic heterocycles. The Morgan fingerprint density at radius 3 is 2.61 bits per heavy atom. The molecule has 0 unspecified atom stereocenters. The van der Waals surface area contributed by atoms with Gasteiger partial charge < -0.3 is 10.2 Å². The molecule has 0 radical (unpaired) electrons. The van der Waals surface area contributed by atoms with E-state index in [0.29, 0.717) is 38.4 Å². The number of anilines is 2. The van der Waals surface area contributed by atoms with Gasteiger partial charge in [0.15, 0.2) is 0 Å². The molecule has 0 spiro atoms. The monoisotopic (exact) mass is 477 g/mol. The van der Waals surface area contributed by atoms with Gasteiger partial charge in [0, 0.05) is 51.5 Å². The van der Waals surface area contributed by atoms with Crippen LogP contribution < -0.4 is 19.7 Å². The first kappa shape index (κ1) is 23.3. The van der Waals surface area contributed by atoms with Crippen LogP contribution in [0.5, 0.6) is 0 Å². The number of halogens is 1. The van der Waals surface area contributed by atoms with Crippen molar-refractivity contribution in [2.45, 2.75) is 32.4 Å². The van der Waals surface area contributed by atoms with Gasteiger partial charge in [-0.1, -0.05) is 6.92 Å². The second kappa shape index (κ2) is 9.98. The second-order valence-corrected chi connectivity index (χ2v) is 9.67. The van der Waals surface area contributed by atoms with E-state index in [4.69, 9.17) is 0 Å². The van der Waals surface area contributed by atoms with Gasteiger partial charge in [-0.25, -0.2) is 9.97 Å². The van der Waals surface area contributed by atoms with Crippen molar-refractivity contribution in [3.05, 3.63) is 47.7 Å². The molecule has 1 saturated carbocycles. The molecule has 10 nitrogen and oxygen atoms in total. The number of rotatable bonds is 9. The SMILES string of the molecule is CCNS(=O)(=O)Nc1cc(CN2CCN(c3ccc(C(=O)NC4CC4)nc3F)CC2)ccn1. The van der Waals surface area contributed by atoms with E-state index in [1.807, 2.05) is 11.0 Å². The Labute approximate surface area is 192 Å². The smallest absolute Gasteiger partial charge is 0.300 e. The number of amides is 1. The van der Waals surface area contributed by atoms with Gasteiger partial charge in [-0.2, -0.15) is 17.5 Å². The Bertz CT molecular complexity index is 1100. The molecule has 4 rings (SSSR count). The van der Waals surface area contributed by atoms with Crippen molar-refractivity contribution in [3.8, 4) is 0 Å². The van der Waals surface area contributed by atoms with Crippen LogP contribution in [0.1, 0.15) is 35.8 Å². The van der Waals surface area contributed by atoms with E-state index in [0.717, 1.165) is 18.4 Å². The number of carbonyl (C=O) groups excluding carboxylic acids is 1. The first-order chi connectivity index (χ1) is 15.8. The normalized spacial score (nSPS) is 17.1. The lowest BCUT2D eigenvalue weighted by atomic mass is 10.2. The maximum atomic E-state index is 14.6. The molecular formula is C21H28FN7O3S. The third-order valence-electron chi connectivity index (χ3n) is 5.49. The molecule has 33 heavy (non-hydrogen) atoms. The minimum absolute atomic E-state index is 0.0973. The van der Waals surface area contributed by atoms with E-state index < -0.39 is 16.2 Å². The number of carbonyl (C=O) groups is 1. The zero-order valence-corrected chi connectivity index (χ0v) is 19.2. The van der Waals surface area contributed by atoms with Crippen LogP contribution in [0.15, 0.2) is 30.5 Å². The van der Waals surface area contributed by atoms with E-state index in [1.54, 1.807) is 31.3 Å². The molecule has 1 aliphatic carbocycles. The summed E-state index contributed by atoms with van der Waals surface area (Å²) in [6.45, 7) is 5.21. The lowest BCUT2D eigenvalue weighted by molar-refractivity contribution is 0.0945. The van der Waals surface area contributed by atoms with Crippen LogP contribution in [0.3, 0.4) is 0 Å². The van der Waals surface area contributed by atoms with Gasteiger partial charge in [0.05, 0.1) is 5.69 Å². The molecule has 1 saturated heterocycles. The molecule has 0 aromatic carbocycles. The number of piperazine rings is 1. The Hall–Kier alpha value is -2.83. The summed E-state index contributed by atoms with van der Waals surface area (Å²) in [5, 5.41) is 2.81. The van der Waals surface area contributed by atoms with Crippen LogP contribution in [0.2, 0.25) is 0 Å². The summed E-state index contributed by atoms with van der Waals surface area (Å²) in [6, 6.07) is 6.92. The van der Waals surface area contributed by atoms with Crippen molar-refractivity contribution in [1.82, 2.24) is 24.9 Å². The fourth-order valence-corrected chi connectivity index (χ4v) is 4.51. The molecule has 3 heterocycles. The van der Waals surface area contributed by atoms with Gasteiger partial charge >= 0.3 is 0 Å². The quantitative estimate of drug-likeness (QED) is 0.463. The number of nitrogens with zero attached hydrogens (tertiary/aromatic N) is 4. The summed E-state index contributed by atoms with van der Waals surface area (Å²) in [4.78, 5) is 24.1. The molecule has 0 bridgehead atoms. The summed E-state index contributed by atoms with van der Waals surface area (Å²) in [6.07, 6.45) is 3.49. The maximum absolute atomic E-state index is 14.6. The fraction of sp³-hybridized carbons (Fsp3) is 0.476. The van der Waals surface area contributed by atoms with Crippen LogP contribution in [0.4, 0.5) is 15.9 Å². The third kappa shape index (κ3) is 6.36. The highest BCUT2D eigenvalue weighted by Crippen LogP contribution is 2.22. The molecule has 2 aromatic rings. The van der Waals surface area contributed by atoms with Crippen LogP contribution in [-0.2, 0) is 16.8 Å². The molecule has 0 atom stereocenters. The Kier molecular flexibility index (Phi) is 7.05. The van der Waals surface area contributed by atoms with Crippen LogP contribution in [0, 0.1) is 5.95 Å². The van der Waals surface area contributed by atoms with Crippen molar-refractivity contribution >= 4 is 27.6 Å². The second-order valence-electron chi connectivity index (χ2n) is 8.17. The maximum Gasteiger partial charge on any atom is 0.300 e. The summed E-state index contributed by atoms with van der Waals surface area (Å²) in [7, 11) is -3.64. The molecule has 1 aliphatic heterocycles. The molecule has 178 valence electrons. The van der Waals surface area contributed by atoms with Crippen molar-refractivity contribution in [1.29, 1.82) is 0 Å². The van der Waals surface area contributed by atoms with E-state index in [1.165, 1.54) is 0 Å². The average Bonchev–Trinajstić information content (AvgIpc) is 3.58. The van der Waals surface area contributed by atoms with E-state index >= 15 is 0 Å². The fourth-order valence-electron chi connectivity index (χ4n) is 3.67. The zero-order chi connectivity index (χ0) is 23.4. The average molecular weight is 478 g/mol. The number of hydrogen-bond acceptors (Lipinski definition) is 7. The van der Waals surface area contributed by atoms with Gasteiger partial charge in [0.1, 0.15) is 11.5 Å². The van der Waals surface area contributed by atoms with Gasteiger partial charge in [-0.3, -0.25) is 14.4 Å². The predicted octanol–water partition coefficient (Wildman–Crippen LogP) is 1.10. The van der Waals surface area contributed by atoms with Crippen molar-refractivity contribution in [2.24, 2.45) is 0 Å². The third-order valence-corrected chi connectivity index (χ3v) is 6.64. The minimum atomic E-state index is -3.64. The highest BCUT2D eigenvalue weighted by atomic mass is 32.2. The standard InChI is InChI=1S/C21H28FN7O3S/c1-2-24-33(31,32)27-19-13-15(7-8-23-19)14-28-9-11-29(12-10-28)18-6-5-17(26-20(18)22)21(30)25-16-3-4-16/h5-8,13,16,24H,2-4,9-12,14H2,1H3,(H,23,27)(H,25,30). The van der Waals surface area contributed by atoms with Crippen molar-refractivity contribution in [2.75, 3.05) is 42.3 Å². The first-order valence-electron chi connectivity index (χ1n) is 11.0. The molecular weight excluding hydrogens is 449 g/mol. The molecule has 12 heteroatoms. The van der Waals surface area contributed by atoms with E-state index in [2.05, 4.69) is 29.6 Å². The molecule has 3 N–H and O–H groups in total. The Morgan fingerprint density at radius 2 is 1.94 bits per heavy atom. The lowest BCUT2D eigenvalue weighted by Gasteiger charge is -2.36. The Balaban J connectivity index is 1.32. The highest BCUT2D eigenvalue weighted by molar-refractivity contribution is 7.90. The van der Waals surface area contributed by atoms with Gasteiger partial charge in [0.2, 0.25) is 5.95 Å². The number of aromatic nitrogens is 2. The summed E-state index contributed by atoms with van der Waals surface area (Å²) < 4.78 is 43.1. The summed E-state index contributed by atoms with van der Waals surface area (Å²) in [5.41, 5.74) is 1.41. The summed E-state index contributed by atoms with van der Waals surface area (Å²) in [5.74, 6) is -0.720. The molecule has 2 aliphatic rings. The van der Waals surface area contributed by atoms with Gasteiger partial charge in [-0.05, 0) is 42.7 Å². The van der Waals surface area contributed by atoms with Crippen LogP contribution in [-0.4, -0.2) is 68.0 Å². The lowest BCUT2D eigenvalue weighted by Crippen LogP contribution is -2.46. The van der Waals surface area contributed by atoms with Crippen LogP contribution >= 0.6 is 0 Å². The predicted molar refractivity (Wildman–Crippen MR) is 123 cm³/mol. The van der Waals surface area contributed by atoms with E-state index in [-0.39, 0.29) is 30.0 Å². The van der Waals surface area contributed by atoms with E-state index in [9.17, 15) is 17.6 Å². The highest BCUT2D eigenvalue weighted by Gasteiger charge is 2.26. The number of pyridine rings is 2. The molecule has 2 fully saturated rings. The largest absolute Gasteiger partial charge is 0.365 e. The Morgan fingerprint density at radius 1 is 1.18 bits per heavy atom.